The van der Waals surface area contributed by atoms with Crippen LogP contribution in [0.25, 0.3) is 22.4 Å². The zero-order valence-electron chi connectivity index (χ0n) is 13.1. The van der Waals surface area contributed by atoms with Crippen LogP contribution in [0.15, 0.2) is 53.3 Å². The van der Waals surface area contributed by atoms with Crippen LogP contribution < -0.4 is 14.8 Å². The Hall–Kier alpha value is -2.70. The standard InChI is InChI=1S/C18H12ClN3O2S/c1-24-12-6-4-5-11(9-12)10-15-17(23)22-16(20-21-18(22)25-15)13-7-2-3-8-14(13)19/h2-10H,1H3/b15-10+. The number of hydrogen-bond donors (Lipinski definition) is 0. The number of aromatic nitrogens is 3. The second kappa shape index (κ2) is 6.31. The Balaban J connectivity index is 1.91. The first-order valence-electron chi connectivity index (χ1n) is 7.46. The Labute approximate surface area is 151 Å². The van der Waals surface area contributed by atoms with Crippen LogP contribution in [0.3, 0.4) is 0 Å². The number of halogens is 1. The van der Waals surface area contributed by atoms with Crippen LogP contribution in [0, 0.1) is 0 Å². The summed E-state index contributed by atoms with van der Waals surface area (Å²) in [7, 11) is 1.61. The van der Waals surface area contributed by atoms with Crippen LogP contribution in [-0.2, 0) is 0 Å². The molecular weight excluding hydrogens is 358 g/mol. The van der Waals surface area contributed by atoms with Crippen molar-refractivity contribution in [3.05, 3.63) is 74.0 Å². The van der Waals surface area contributed by atoms with E-state index in [-0.39, 0.29) is 5.56 Å². The minimum Gasteiger partial charge on any atom is -0.497 e. The third-order valence-corrected chi connectivity index (χ3v) is 5.04. The van der Waals surface area contributed by atoms with Crippen molar-refractivity contribution in [1.82, 2.24) is 14.6 Å². The van der Waals surface area contributed by atoms with E-state index < -0.39 is 0 Å². The molecule has 0 atom stereocenters. The summed E-state index contributed by atoms with van der Waals surface area (Å²) in [5.41, 5.74) is 1.40. The lowest BCUT2D eigenvalue weighted by molar-refractivity contribution is 0.414. The summed E-state index contributed by atoms with van der Waals surface area (Å²) in [6, 6.07) is 14.8. The minimum atomic E-state index is -0.164. The van der Waals surface area contributed by atoms with Crippen LogP contribution in [-0.4, -0.2) is 21.7 Å². The van der Waals surface area contributed by atoms with Gasteiger partial charge in [-0.05, 0) is 35.9 Å². The zero-order chi connectivity index (χ0) is 17.4. The fraction of sp³-hybridized carbons (Fsp3) is 0.0556. The van der Waals surface area contributed by atoms with Crippen molar-refractivity contribution in [3.8, 4) is 17.1 Å². The van der Waals surface area contributed by atoms with Gasteiger partial charge in [0.2, 0.25) is 4.96 Å². The van der Waals surface area contributed by atoms with Gasteiger partial charge < -0.3 is 4.74 Å². The van der Waals surface area contributed by atoms with E-state index in [1.807, 2.05) is 48.5 Å². The van der Waals surface area contributed by atoms with Gasteiger partial charge in [0.25, 0.3) is 5.56 Å². The molecule has 2 aromatic heterocycles. The SMILES string of the molecule is COc1cccc(/C=c2/sc3nnc(-c4ccccc4Cl)n3c2=O)c1. The molecule has 25 heavy (non-hydrogen) atoms. The molecule has 7 heteroatoms. The molecule has 4 aromatic rings. The summed E-state index contributed by atoms with van der Waals surface area (Å²) in [6.45, 7) is 0. The third kappa shape index (κ3) is 2.79. The molecule has 0 aliphatic rings. The number of nitrogens with zero attached hydrogens (tertiary/aromatic N) is 3. The molecule has 124 valence electrons. The van der Waals surface area contributed by atoms with E-state index >= 15 is 0 Å². The van der Waals surface area contributed by atoms with Gasteiger partial charge >= 0.3 is 0 Å². The van der Waals surface area contributed by atoms with Gasteiger partial charge in [0.15, 0.2) is 5.82 Å². The van der Waals surface area contributed by atoms with E-state index in [2.05, 4.69) is 10.2 Å². The summed E-state index contributed by atoms with van der Waals surface area (Å²) in [6.07, 6.45) is 1.82. The highest BCUT2D eigenvalue weighted by Crippen LogP contribution is 2.26. The number of ether oxygens (including phenoxy) is 1. The van der Waals surface area contributed by atoms with Gasteiger partial charge in [0.1, 0.15) is 5.75 Å². The van der Waals surface area contributed by atoms with E-state index in [0.29, 0.717) is 25.9 Å². The third-order valence-electron chi connectivity index (χ3n) is 3.75. The lowest BCUT2D eigenvalue weighted by Gasteiger charge is -1.99. The van der Waals surface area contributed by atoms with Crippen LogP contribution >= 0.6 is 22.9 Å². The molecule has 0 bridgehead atoms. The van der Waals surface area contributed by atoms with Gasteiger partial charge in [-0.2, -0.15) is 0 Å². The van der Waals surface area contributed by atoms with Gasteiger partial charge in [0.05, 0.1) is 16.7 Å². The number of hydrogen-bond acceptors (Lipinski definition) is 5. The van der Waals surface area contributed by atoms with Crippen molar-refractivity contribution >= 4 is 34.0 Å². The van der Waals surface area contributed by atoms with Crippen LogP contribution in [0.1, 0.15) is 5.56 Å². The molecule has 0 unspecified atom stereocenters. The van der Waals surface area contributed by atoms with Crippen molar-refractivity contribution in [2.75, 3.05) is 7.11 Å². The average Bonchev–Trinajstić information content (AvgIpc) is 3.17. The van der Waals surface area contributed by atoms with Gasteiger partial charge in [-0.15, -0.1) is 10.2 Å². The molecule has 0 amide bonds. The van der Waals surface area contributed by atoms with Gasteiger partial charge in [-0.1, -0.05) is 47.2 Å². The van der Waals surface area contributed by atoms with Crippen molar-refractivity contribution in [1.29, 1.82) is 0 Å². The second-order valence-electron chi connectivity index (χ2n) is 5.31. The van der Waals surface area contributed by atoms with E-state index in [0.717, 1.165) is 11.3 Å². The van der Waals surface area contributed by atoms with Crippen LogP contribution in [0.5, 0.6) is 5.75 Å². The highest BCUT2D eigenvalue weighted by molar-refractivity contribution is 7.15. The topological polar surface area (TPSA) is 56.5 Å². The predicted molar refractivity (Wildman–Crippen MR) is 99.4 cm³/mol. The smallest absolute Gasteiger partial charge is 0.276 e. The largest absolute Gasteiger partial charge is 0.497 e. The lowest BCUT2D eigenvalue weighted by atomic mass is 10.2. The molecule has 0 saturated heterocycles. The summed E-state index contributed by atoms with van der Waals surface area (Å²) in [4.78, 5) is 13.4. The Kier molecular flexibility index (Phi) is 3.99. The molecule has 5 nitrogen and oxygen atoms in total. The van der Waals surface area contributed by atoms with E-state index in [1.165, 1.54) is 15.7 Å². The van der Waals surface area contributed by atoms with Crippen LogP contribution in [0.4, 0.5) is 0 Å². The number of rotatable bonds is 3. The number of fused-ring (bicyclic) bond motifs is 1. The fourth-order valence-electron chi connectivity index (χ4n) is 2.56. The Morgan fingerprint density at radius 3 is 2.80 bits per heavy atom. The molecular formula is C18H12ClN3O2S. The fourth-order valence-corrected chi connectivity index (χ4v) is 3.70. The van der Waals surface area contributed by atoms with E-state index in [9.17, 15) is 4.79 Å². The Morgan fingerprint density at radius 2 is 2.00 bits per heavy atom. The first-order chi connectivity index (χ1) is 12.2. The quantitative estimate of drug-likeness (QED) is 0.557. The van der Waals surface area contributed by atoms with Crippen LogP contribution in [0.2, 0.25) is 5.02 Å². The van der Waals surface area contributed by atoms with Gasteiger partial charge in [-0.25, -0.2) is 4.40 Å². The summed E-state index contributed by atoms with van der Waals surface area (Å²) < 4.78 is 7.29. The van der Waals surface area contributed by atoms with Crippen molar-refractivity contribution in [2.45, 2.75) is 0 Å². The first-order valence-corrected chi connectivity index (χ1v) is 8.65. The maximum atomic E-state index is 12.8. The molecule has 0 spiro atoms. The van der Waals surface area contributed by atoms with E-state index in [4.69, 9.17) is 16.3 Å². The summed E-state index contributed by atoms with van der Waals surface area (Å²) in [5, 5.41) is 8.78. The monoisotopic (exact) mass is 369 g/mol. The molecule has 2 aromatic carbocycles. The van der Waals surface area contributed by atoms with Gasteiger partial charge in [-0.3, -0.25) is 4.79 Å². The molecule has 0 fully saturated rings. The highest BCUT2D eigenvalue weighted by Gasteiger charge is 2.15. The number of methoxy groups -OCH3 is 1. The first kappa shape index (κ1) is 15.8. The summed E-state index contributed by atoms with van der Waals surface area (Å²) in [5.74, 6) is 1.19. The van der Waals surface area contributed by atoms with Crippen molar-refractivity contribution in [2.24, 2.45) is 0 Å². The maximum absolute atomic E-state index is 12.8. The Bertz CT molecular complexity index is 1180. The molecule has 0 N–H and O–H groups in total. The lowest BCUT2D eigenvalue weighted by Crippen LogP contribution is -2.23. The zero-order valence-corrected chi connectivity index (χ0v) is 14.7. The Morgan fingerprint density at radius 1 is 1.16 bits per heavy atom. The average molecular weight is 370 g/mol. The second-order valence-corrected chi connectivity index (χ2v) is 6.73. The van der Waals surface area contributed by atoms with E-state index in [1.54, 1.807) is 13.2 Å². The number of benzene rings is 2. The minimum absolute atomic E-state index is 0.164. The van der Waals surface area contributed by atoms with Crippen molar-refractivity contribution < 1.29 is 4.74 Å². The molecule has 2 heterocycles. The van der Waals surface area contributed by atoms with Crippen molar-refractivity contribution in [3.63, 3.8) is 0 Å². The maximum Gasteiger partial charge on any atom is 0.276 e. The highest BCUT2D eigenvalue weighted by atomic mass is 35.5. The molecule has 0 radical (unpaired) electrons. The number of thiazole rings is 1. The molecule has 4 rings (SSSR count). The predicted octanol–water partition coefficient (Wildman–Crippen LogP) is 3.03. The summed E-state index contributed by atoms with van der Waals surface area (Å²) >= 11 is 7.53. The molecule has 0 saturated carbocycles. The molecule has 0 aliphatic carbocycles. The molecule has 0 aliphatic heterocycles. The normalized spacial score (nSPS) is 12.0. The van der Waals surface area contributed by atoms with Gasteiger partial charge in [0, 0.05) is 5.56 Å².